The molecule has 102 valence electrons. The number of rotatable bonds is 4. The van der Waals surface area contributed by atoms with Gasteiger partial charge in [-0.15, -0.1) is 22.9 Å². The third kappa shape index (κ3) is 2.62. The zero-order chi connectivity index (χ0) is 13.9. The topological polar surface area (TPSA) is 30.7 Å². The van der Waals surface area contributed by atoms with E-state index in [1.807, 2.05) is 30.8 Å². The van der Waals surface area contributed by atoms with E-state index in [1.54, 1.807) is 11.3 Å². The van der Waals surface area contributed by atoms with Crippen molar-refractivity contribution in [1.82, 2.24) is 14.5 Å². The maximum Gasteiger partial charge on any atom is 0.123 e. The minimum Gasteiger partial charge on any atom is -0.331 e. The van der Waals surface area contributed by atoms with E-state index in [0.717, 1.165) is 23.1 Å². The van der Waals surface area contributed by atoms with Gasteiger partial charge >= 0.3 is 0 Å². The lowest BCUT2D eigenvalue weighted by atomic mass is 10.1. The Labute approximate surface area is 126 Å². The average molecular weight is 304 g/mol. The second kappa shape index (κ2) is 5.77. The molecule has 0 radical (unpaired) electrons. The van der Waals surface area contributed by atoms with Crippen molar-refractivity contribution in [2.24, 2.45) is 0 Å². The van der Waals surface area contributed by atoms with E-state index in [1.165, 1.54) is 11.1 Å². The number of thiazole rings is 1. The van der Waals surface area contributed by atoms with Gasteiger partial charge in [0.15, 0.2) is 0 Å². The van der Waals surface area contributed by atoms with Crippen molar-refractivity contribution >= 4 is 22.9 Å². The summed E-state index contributed by atoms with van der Waals surface area (Å²) in [6, 6.07) is 8.34. The second-order valence-electron chi connectivity index (χ2n) is 4.54. The minimum atomic E-state index is 0.458. The standard InChI is InChI=1S/C15H14ClN3S/c1-11-17-6-7-19(11)9-12-4-2-3-5-14(12)15-18-13(8-16)10-20-15/h2-7,10H,8-9H2,1H3. The van der Waals surface area contributed by atoms with Crippen LogP contribution in [0.5, 0.6) is 0 Å². The third-order valence-electron chi connectivity index (χ3n) is 3.20. The number of nitrogens with zero attached hydrogens (tertiary/aromatic N) is 3. The van der Waals surface area contributed by atoms with Crippen molar-refractivity contribution in [3.63, 3.8) is 0 Å². The molecular formula is C15H14ClN3S. The number of aromatic nitrogens is 3. The SMILES string of the molecule is Cc1nccn1Cc1ccccc1-c1nc(CCl)cs1. The molecule has 0 saturated carbocycles. The van der Waals surface area contributed by atoms with E-state index in [0.29, 0.717) is 5.88 Å². The van der Waals surface area contributed by atoms with Crippen molar-refractivity contribution in [2.75, 3.05) is 0 Å². The zero-order valence-corrected chi connectivity index (χ0v) is 12.7. The Balaban J connectivity index is 1.98. The number of halogens is 1. The molecule has 0 atom stereocenters. The van der Waals surface area contributed by atoms with Gasteiger partial charge in [0.05, 0.1) is 11.6 Å². The largest absolute Gasteiger partial charge is 0.331 e. The zero-order valence-electron chi connectivity index (χ0n) is 11.1. The lowest BCUT2D eigenvalue weighted by Gasteiger charge is -2.09. The molecule has 0 unspecified atom stereocenters. The number of alkyl halides is 1. The summed E-state index contributed by atoms with van der Waals surface area (Å²) < 4.78 is 2.13. The van der Waals surface area contributed by atoms with Gasteiger partial charge in [0.25, 0.3) is 0 Å². The van der Waals surface area contributed by atoms with Gasteiger partial charge in [0.2, 0.25) is 0 Å². The van der Waals surface area contributed by atoms with Crippen LogP contribution in [-0.2, 0) is 12.4 Å². The van der Waals surface area contributed by atoms with E-state index >= 15 is 0 Å². The number of aryl methyl sites for hydroxylation is 1. The smallest absolute Gasteiger partial charge is 0.123 e. The highest BCUT2D eigenvalue weighted by molar-refractivity contribution is 7.13. The van der Waals surface area contributed by atoms with Crippen LogP contribution in [-0.4, -0.2) is 14.5 Å². The minimum absolute atomic E-state index is 0.458. The van der Waals surface area contributed by atoms with Crippen molar-refractivity contribution in [1.29, 1.82) is 0 Å². The molecule has 20 heavy (non-hydrogen) atoms. The quantitative estimate of drug-likeness (QED) is 0.679. The molecule has 0 aliphatic heterocycles. The maximum absolute atomic E-state index is 5.84. The first kappa shape index (κ1) is 13.3. The van der Waals surface area contributed by atoms with Gasteiger partial charge < -0.3 is 4.57 Å². The maximum atomic E-state index is 5.84. The Bertz CT molecular complexity index is 717. The summed E-state index contributed by atoms with van der Waals surface area (Å²) in [5, 5.41) is 3.04. The Morgan fingerprint density at radius 3 is 2.85 bits per heavy atom. The number of benzene rings is 1. The lowest BCUT2D eigenvalue weighted by Crippen LogP contribution is -2.02. The van der Waals surface area contributed by atoms with Crippen molar-refractivity contribution in [3.8, 4) is 10.6 Å². The van der Waals surface area contributed by atoms with Crippen LogP contribution in [0, 0.1) is 6.92 Å². The molecule has 3 nitrogen and oxygen atoms in total. The highest BCUT2D eigenvalue weighted by Gasteiger charge is 2.10. The van der Waals surface area contributed by atoms with Gasteiger partial charge in [-0.1, -0.05) is 24.3 Å². The normalized spacial score (nSPS) is 10.9. The van der Waals surface area contributed by atoms with Gasteiger partial charge in [-0.2, -0.15) is 0 Å². The van der Waals surface area contributed by atoms with Crippen molar-refractivity contribution in [2.45, 2.75) is 19.3 Å². The fourth-order valence-electron chi connectivity index (χ4n) is 2.11. The van der Waals surface area contributed by atoms with Gasteiger partial charge in [-0.25, -0.2) is 9.97 Å². The molecule has 0 aliphatic rings. The first-order chi connectivity index (χ1) is 9.78. The molecule has 0 fully saturated rings. The lowest BCUT2D eigenvalue weighted by molar-refractivity contribution is 0.763. The van der Waals surface area contributed by atoms with Crippen LogP contribution >= 0.6 is 22.9 Å². The summed E-state index contributed by atoms with van der Waals surface area (Å²) in [6.45, 7) is 2.81. The summed E-state index contributed by atoms with van der Waals surface area (Å²) in [6.07, 6.45) is 3.82. The van der Waals surface area contributed by atoms with Gasteiger partial charge in [0.1, 0.15) is 10.8 Å². The Hall–Kier alpha value is -1.65. The summed E-state index contributed by atoms with van der Waals surface area (Å²) in [7, 11) is 0. The van der Waals surface area contributed by atoms with Crippen LogP contribution in [0.3, 0.4) is 0 Å². The molecule has 0 amide bonds. The fourth-order valence-corrected chi connectivity index (χ4v) is 3.22. The van der Waals surface area contributed by atoms with Crippen LogP contribution in [0.15, 0.2) is 42.0 Å². The van der Waals surface area contributed by atoms with Crippen LogP contribution in [0.1, 0.15) is 17.1 Å². The molecule has 3 aromatic rings. The molecule has 0 aliphatic carbocycles. The molecular weight excluding hydrogens is 290 g/mol. The first-order valence-corrected chi connectivity index (χ1v) is 7.75. The van der Waals surface area contributed by atoms with E-state index in [9.17, 15) is 0 Å². The van der Waals surface area contributed by atoms with E-state index in [-0.39, 0.29) is 0 Å². The van der Waals surface area contributed by atoms with Crippen molar-refractivity contribution in [3.05, 3.63) is 59.1 Å². The van der Waals surface area contributed by atoms with Gasteiger partial charge in [0, 0.05) is 29.9 Å². The molecule has 5 heteroatoms. The summed E-state index contributed by atoms with van der Waals surface area (Å²) in [4.78, 5) is 8.84. The molecule has 3 rings (SSSR count). The molecule has 0 saturated heterocycles. The summed E-state index contributed by atoms with van der Waals surface area (Å²) >= 11 is 7.47. The highest BCUT2D eigenvalue weighted by atomic mass is 35.5. The van der Waals surface area contributed by atoms with Crippen molar-refractivity contribution < 1.29 is 0 Å². The fraction of sp³-hybridized carbons (Fsp3) is 0.200. The van der Waals surface area contributed by atoms with Crippen LogP contribution in [0.4, 0.5) is 0 Å². The first-order valence-electron chi connectivity index (χ1n) is 6.34. The Morgan fingerprint density at radius 2 is 2.15 bits per heavy atom. The third-order valence-corrected chi connectivity index (χ3v) is 4.40. The Morgan fingerprint density at radius 1 is 1.30 bits per heavy atom. The van der Waals surface area contributed by atoms with Gasteiger partial charge in [-0.05, 0) is 12.5 Å². The summed E-state index contributed by atoms with van der Waals surface area (Å²) in [5.41, 5.74) is 3.34. The molecule has 2 heterocycles. The molecule has 0 bridgehead atoms. The van der Waals surface area contributed by atoms with Crippen LogP contribution in [0.25, 0.3) is 10.6 Å². The van der Waals surface area contributed by atoms with E-state index in [2.05, 4.69) is 32.7 Å². The molecule has 0 N–H and O–H groups in total. The number of hydrogen-bond donors (Lipinski definition) is 0. The molecule has 0 spiro atoms. The number of imidazole rings is 1. The van der Waals surface area contributed by atoms with Crippen LogP contribution in [0.2, 0.25) is 0 Å². The number of hydrogen-bond acceptors (Lipinski definition) is 3. The highest BCUT2D eigenvalue weighted by Crippen LogP contribution is 2.28. The second-order valence-corrected chi connectivity index (χ2v) is 5.66. The predicted octanol–water partition coefficient (Wildman–Crippen LogP) is 4.10. The Kier molecular flexibility index (Phi) is 3.85. The van der Waals surface area contributed by atoms with E-state index in [4.69, 9.17) is 11.6 Å². The summed E-state index contributed by atoms with van der Waals surface area (Å²) in [5.74, 6) is 1.47. The van der Waals surface area contributed by atoms with Gasteiger partial charge in [-0.3, -0.25) is 0 Å². The van der Waals surface area contributed by atoms with Crippen LogP contribution < -0.4 is 0 Å². The average Bonchev–Trinajstić information content (AvgIpc) is 3.09. The molecule has 2 aromatic heterocycles. The monoisotopic (exact) mass is 303 g/mol. The van der Waals surface area contributed by atoms with E-state index < -0.39 is 0 Å². The molecule has 1 aromatic carbocycles. The predicted molar refractivity (Wildman–Crippen MR) is 83.2 cm³/mol.